The predicted molar refractivity (Wildman–Crippen MR) is 80.7 cm³/mol. The molecule has 0 N–H and O–H groups in total. The molecule has 0 amide bonds. The Balaban J connectivity index is 2.78. The Hall–Kier alpha value is -3.63. The largest absolute Gasteiger partial charge is 0.342 e. The van der Waals surface area contributed by atoms with Gasteiger partial charge in [-0.25, -0.2) is 13.9 Å². The number of ketones is 1. The van der Waals surface area contributed by atoms with Crippen LogP contribution < -0.4 is 5.69 Å². The number of rotatable bonds is 5. The van der Waals surface area contributed by atoms with Gasteiger partial charge in [0.15, 0.2) is 0 Å². The Bertz CT molecular complexity index is 927. The molecule has 0 saturated carbocycles. The van der Waals surface area contributed by atoms with Gasteiger partial charge in [-0.1, -0.05) is 6.07 Å². The van der Waals surface area contributed by atoms with Gasteiger partial charge in [0.05, 0.1) is 5.69 Å². The van der Waals surface area contributed by atoms with Crippen LogP contribution in [0.4, 0.5) is 0 Å². The Labute approximate surface area is 139 Å². The molecule has 0 aliphatic heterocycles. The maximum absolute atomic E-state index is 12.7. The Morgan fingerprint density at radius 3 is 2.32 bits per heavy atom. The fourth-order valence-electron chi connectivity index (χ4n) is 2.26. The topological polar surface area (TPSA) is 143 Å². The van der Waals surface area contributed by atoms with Crippen LogP contribution in [0.2, 0.25) is 0 Å². The molecule has 2 aromatic heterocycles. The molecule has 2 aromatic rings. The number of nitrogens with zero attached hydrogens (tertiary/aromatic N) is 4. The minimum Gasteiger partial charge on any atom is -0.307 e. The molecular formula is C14H12N4O7. The summed E-state index contributed by atoms with van der Waals surface area (Å²) in [5.41, 5.74) is -2.13. The SMILES string of the molecule is CC(=O)n1c(CO[N+](=O)[O-])c(C(=O)c2ccccn2)n(C(C)=O)c1=O. The van der Waals surface area contributed by atoms with Gasteiger partial charge in [0, 0.05) is 20.0 Å². The van der Waals surface area contributed by atoms with Crippen molar-refractivity contribution in [1.29, 1.82) is 0 Å². The maximum atomic E-state index is 12.7. The summed E-state index contributed by atoms with van der Waals surface area (Å²) in [5.74, 6) is -2.52. The lowest BCUT2D eigenvalue weighted by Crippen LogP contribution is -2.31. The van der Waals surface area contributed by atoms with Crippen LogP contribution in [0.15, 0.2) is 29.2 Å². The van der Waals surface area contributed by atoms with Crippen molar-refractivity contribution in [3.05, 3.63) is 62.1 Å². The van der Waals surface area contributed by atoms with E-state index in [1.807, 2.05) is 0 Å². The second kappa shape index (κ2) is 6.86. The molecule has 130 valence electrons. The van der Waals surface area contributed by atoms with Crippen molar-refractivity contribution < 1.29 is 24.3 Å². The fourth-order valence-corrected chi connectivity index (χ4v) is 2.26. The Kier molecular flexibility index (Phi) is 4.86. The highest BCUT2D eigenvalue weighted by molar-refractivity contribution is 6.09. The molecule has 11 nitrogen and oxygen atoms in total. The van der Waals surface area contributed by atoms with E-state index >= 15 is 0 Å². The van der Waals surface area contributed by atoms with Crippen LogP contribution in [0, 0.1) is 10.1 Å². The van der Waals surface area contributed by atoms with E-state index in [0.29, 0.717) is 9.13 Å². The van der Waals surface area contributed by atoms with Gasteiger partial charge < -0.3 is 4.84 Å². The number of hydrogen-bond donors (Lipinski definition) is 0. The first-order chi connectivity index (χ1) is 11.8. The molecule has 0 radical (unpaired) electrons. The van der Waals surface area contributed by atoms with Gasteiger partial charge in [0.1, 0.15) is 18.0 Å². The highest BCUT2D eigenvalue weighted by Gasteiger charge is 2.30. The third kappa shape index (κ3) is 3.34. The Morgan fingerprint density at radius 2 is 1.84 bits per heavy atom. The van der Waals surface area contributed by atoms with Crippen LogP contribution in [-0.4, -0.2) is 36.8 Å². The predicted octanol–water partition coefficient (Wildman–Crippen LogP) is 0.304. The van der Waals surface area contributed by atoms with E-state index in [0.717, 1.165) is 13.8 Å². The summed E-state index contributed by atoms with van der Waals surface area (Å²) < 4.78 is 0.956. The molecule has 0 atom stereocenters. The van der Waals surface area contributed by atoms with Crippen molar-refractivity contribution in [1.82, 2.24) is 14.1 Å². The van der Waals surface area contributed by atoms with Crippen molar-refractivity contribution in [2.45, 2.75) is 20.5 Å². The first-order valence-electron chi connectivity index (χ1n) is 6.87. The highest BCUT2D eigenvalue weighted by Crippen LogP contribution is 2.15. The smallest absolute Gasteiger partial charge is 0.307 e. The van der Waals surface area contributed by atoms with E-state index in [1.165, 1.54) is 18.3 Å². The van der Waals surface area contributed by atoms with Gasteiger partial charge in [-0.05, 0) is 12.1 Å². The van der Waals surface area contributed by atoms with Crippen LogP contribution >= 0.6 is 0 Å². The first kappa shape index (κ1) is 17.7. The summed E-state index contributed by atoms with van der Waals surface area (Å²) in [6.45, 7) is 1.16. The summed E-state index contributed by atoms with van der Waals surface area (Å²) >= 11 is 0. The van der Waals surface area contributed by atoms with E-state index < -0.39 is 46.4 Å². The van der Waals surface area contributed by atoms with Crippen LogP contribution in [-0.2, 0) is 11.4 Å². The zero-order valence-corrected chi connectivity index (χ0v) is 13.2. The van der Waals surface area contributed by atoms with E-state index in [1.54, 1.807) is 6.07 Å². The van der Waals surface area contributed by atoms with Crippen molar-refractivity contribution in [2.24, 2.45) is 0 Å². The number of aromatic nitrogens is 3. The maximum Gasteiger partial charge on any atom is 0.342 e. The molecule has 25 heavy (non-hydrogen) atoms. The van der Waals surface area contributed by atoms with Gasteiger partial charge in [-0.2, -0.15) is 0 Å². The number of carbonyl (C=O) groups excluding carboxylic acids is 3. The van der Waals surface area contributed by atoms with E-state index in [4.69, 9.17) is 0 Å². The zero-order valence-electron chi connectivity index (χ0n) is 13.2. The quantitative estimate of drug-likeness (QED) is 0.426. The highest BCUT2D eigenvalue weighted by atomic mass is 16.9. The molecule has 0 saturated heterocycles. The van der Waals surface area contributed by atoms with Gasteiger partial charge in [-0.3, -0.25) is 19.4 Å². The van der Waals surface area contributed by atoms with Gasteiger partial charge in [0.2, 0.25) is 17.6 Å². The summed E-state index contributed by atoms with van der Waals surface area (Å²) in [5, 5.41) is 9.33. The van der Waals surface area contributed by atoms with E-state index in [2.05, 4.69) is 9.82 Å². The van der Waals surface area contributed by atoms with E-state index in [9.17, 15) is 29.3 Å². The normalized spacial score (nSPS) is 10.3. The van der Waals surface area contributed by atoms with Crippen molar-refractivity contribution in [3.8, 4) is 0 Å². The second-order valence-corrected chi connectivity index (χ2v) is 4.83. The van der Waals surface area contributed by atoms with Crippen LogP contribution in [0.25, 0.3) is 0 Å². The second-order valence-electron chi connectivity index (χ2n) is 4.83. The number of hydrogen-bond acceptors (Lipinski definition) is 8. The first-order valence-corrected chi connectivity index (χ1v) is 6.87. The molecule has 0 unspecified atom stereocenters. The lowest BCUT2D eigenvalue weighted by molar-refractivity contribution is -0.763. The third-order valence-electron chi connectivity index (χ3n) is 3.20. The van der Waals surface area contributed by atoms with Gasteiger partial charge >= 0.3 is 5.69 Å². The monoisotopic (exact) mass is 348 g/mol. The molecular weight excluding hydrogens is 336 g/mol. The molecule has 0 aromatic carbocycles. The Morgan fingerprint density at radius 1 is 1.20 bits per heavy atom. The van der Waals surface area contributed by atoms with Crippen molar-refractivity contribution in [2.75, 3.05) is 0 Å². The number of imidazole rings is 1. The molecule has 0 aliphatic carbocycles. The van der Waals surface area contributed by atoms with Crippen LogP contribution in [0.3, 0.4) is 0 Å². The van der Waals surface area contributed by atoms with Crippen molar-refractivity contribution >= 4 is 17.6 Å². The van der Waals surface area contributed by atoms with Crippen LogP contribution in [0.1, 0.15) is 45.3 Å². The average molecular weight is 348 g/mol. The van der Waals surface area contributed by atoms with Crippen molar-refractivity contribution in [3.63, 3.8) is 0 Å². The number of carbonyl (C=O) groups is 3. The van der Waals surface area contributed by atoms with Gasteiger partial charge in [0.25, 0.3) is 5.09 Å². The molecule has 0 fully saturated rings. The molecule has 2 heterocycles. The molecule has 0 bridgehead atoms. The van der Waals surface area contributed by atoms with Gasteiger partial charge in [-0.15, -0.1) is 10.1 Å². The van der Waals surface area contributed by atoms with Crippen LogP contribution in [0.5, 0.6) is 0 Å². The number of pyridine rings is 1. The lowest BCUT2D eigenvalue weighted by Gasteiger charge is -2.06. The average Bonchev–Trinajstić information content (AvgIpc) is 2.85. The molecule has 2 rings (SSSR count). The molecule has 0 spiro atoms. The third-order valence-corrected chi connectivity index (χ3v) is 3.20. The minimum atomic E-state index is -1.14. The molecule has 0 aliphatic rings. The fraction of sp³-hybridized carbons (Fsp3) is 0.214. The zero-order chi connectivity index (χ0) is 18.7. The summed E-state index contributed by atoms with van der Waals surface area (Å²) in [6.07, 6.45) is 1.32. The standard InChI is InChI=1S/C14H12N4O7/c1-8(19)16-11(7-25-18(23)24)12(17(9(2)20)14(16)22)13(21)10-5-3-4-6-15-10/h3-6H,7H2,1-2H3. The summed E-state index contributed by atoms with van der Waals surface area (Å²) in [6, 6.07) is 4.39. The molecule has 11 heteroatoms. The summed E-state index contributed by atoms with van der Waals surface area (Å²) in [7, 11) is 0. The summed E-state index contributed by atoms with van der Waals surface area (Å²) in [4.78, 5) is 67.2. The minimum absolute atomic E-state index is 0.111. The lowest BCUT2D eigenvalue weighted by atomic mass is 10.1. The van der Waals surface area contributed by atoms with E-state index in [-0.39, 0.29) is 5.69 Å².